The Morgan fingerprint density at radius 2 is 1.95 bits per heavy atom. The molecule has 2 aromatic carbocycles. The smallest absolute Gasteiger partial charge is 0.141 e. The van der Waals surface area contributed by atoms with Crippen molar-refractivity contribution in [2.45, 2.75) is 6.04 Å². The Morgan fingerprint density at radius 1 is 1.25 bits per heavy atom. The minimum absolute atomic E-state index is 0.489. The number of rotatable bonds is 4. The Morgan fingerprint density at radius 3 is 2.55 bits per heavy atom. The second kappa shape index (κ2) is 6.65. The van der Waals surface area contributed by atoms with E-state index >= 15 is 0 Å². The molecular formula is C15H12BrClN2O. The van der Waals surface area contributed by atoms with Gasteiger partial charge in [0.2, 0.25) is 0 Å². The van der Waals surface area contributed by atoms with Gasteiger partial charge in [-0.1, -0.05) is 27.5 Å². The molecule has 1 unspecified atom stereocenters. The van der Waals surface area contributed by atoms with Gasteiger partial charge in [-0.25, -0.2) is 0 Å². The Bertz CT molecular complexity index is 637. The summed E-state index contributed by atoms with van der Waals surface area (Å²) in [5, 5.41) is 13.1. The SMILES string of the molecule is COc1ccc(NC(C#N)c2cc(Cl)ccc2Br)cc1. The first-order valence-electron chi connectivity index (χ1n) is 5.89. The van der Waals surface area contributed by atoms with Crippen LogP contribution in [0.2, 0.25) is 5.02 Å². The highest BCUT2D eigenvalue weighted by atomic mass is 79.9. The first kappa shape index (κ1) is 14.7. The number of nitriles is 1. The van der Waals surface area contributed by atoms with Gasteiger partial charge in [0, 0.05) is 20.7 Å². The van der Waals surface area contributed by atoms with Crippen LogP contribution in [-0.2, 0) is 0 Å². The van der Waals surface area contributed by atoms with Crippen molar-refractivity contribution in [1.29, 1.82) is 5.26 Å². The van der Waals surface area contributed by atoms with E-state index in [2.05, 4.69) is 27.3 Å². The van der Waals surface area contributed by atoms with Crippen LogP contribution in [0.5, 0.6) is 5.75 Å². The molecule has 0 aliphatic heterocycles. The maximum atomic E-state index is 9.36. The summed E-state index contributed by atoms with van der Waals surface area (Å²) in [6, 6.07) is 14.5. The summed E-state index contributed by atoms with van der Waals surface area (Å²) in [6.45, 7) is 0. The van der Waals surface area contributed by atoms with Gasteiger partial charge in [-0.05, 0) is 42.5 Å². The van der Waals surface area contributed by atoms with Crippen LogP contribution in [0, 0.1) is 11.3 Å². The average Bonchev–Trinajstić information content (AvgIpc) is 2.48. The molecule has 0 saturated carbocycles. The zero-order valence-corrected chi connectivity index (χ0v) is 13.1. The number of ether oxygens (including phenoxy) is 1. The van der Waals surface area contributed by atoms with Crippen molar-refractivity contribution in [1.82, 2.24) is 0 Å². The molecular weight excluding hydrogens is 340 g/mol. The number of hydrogen-bond donors (Lipinski definition) is 1. The van der Waals surface area contributed by atoms with E-state index in [4.69, 9.17) is 16.3 Å². The predicted molar refractivity (Wildman–Crippen MR) is 84.1 cm³/mol. The predicted octanol–water partition coefficient (Wildman–Crippen LogP) is 4.79. The number of anilines is 1. The van der Waals surface area contributed by atoms with Crippen LogP contribution in [0.15, 0.2) is 46.9 Å². The third kappa shape index (κ3) is 3.44. The Kier molecular flexibility index (Phi) is 4.89. The maximum absolute atomic E-state index is 9.36. The van der Waals surface area contributed by atoms with Gasteiger partial charge >= 0.3 is 0 Å². The van der Waals surface area contributed by atoms with Crippen LogP contribution < -0.4 is 10.1 Å². The van der Waals surface area contributed by atoms with E-state index in [1.807, 2.05) is 30.3 Å². The summed E-state index contributed by atoms with van der Waals surface area (Å²) in [7, 11) is 1.61. The highest BCUT2D eigenvalue weighted by molar-refractivity contribution is 9.10. The second-order valence-corrected chi connectivity index (χ2v) is 5.39. The zero-order valence-electron chi connectivity index (χ0n) is 10.7. The highest BCUT2D eigenvalue weighted by Gasteiger charge is 2.14. The van der Waals surface area contributed by atoms with Crippen LogP contribution in [0.25, 0.3) is 0 Å². The topological polar surface area (TPSA) is 45.0 Å². The number of methoxy groups -OCH3 is 1. The molecule has 2 aromatic rings. The van der Waals surface area contributed by atoms with E-state index in [1.54, 1.807) is 19.2 Å². The standard InChI is InChI=1S/C15H12BrClN2O/c1-20-12-5-3-11(4-6-12)19-15(9-18)13-8-10(17)2-7-14(13)16/h2-8,15,19H,1H3. The molecule has 3 nitrogen and oxygen atoms in total. The molecule has 0 amide bonds. The van der Waals surface area contributed by atoms with E-state index in [0.29, 0.717) is 5.02 Å². The van der Waals surface area contributed by atoms with Crippen molar-refractivity contribution in [3.63, 3.8) is 0 Å². The number of halogens is 2. The van der Waals surface area contributed by atoms with Crippen LogP contribution >= 0.6 is 27.5 Å². The molecule has 1 N–H and O–H groups in total. The largest absolute Gasteiger partial charge is 0.497 e. The third-order valence-electron chi connectivity index (χ3n) is 2.80. The van der Waals surface area contributed by atoms with Crippen molar-refractivity contribution < 1.29 is 4.74 Å². The molecule has 1 atom stereocenters. The highest BCUT2D eigenvalue weighted by Crippen LogP contribution is 2.29. The van der Waals surface area contributed by atoms with Crippen LogP contribution in [0.4, 0.5) is 5.69 Å². The second-order valence-electron chi connectivity index (χ2n) is 4.10. The van der Waals surface area contributed by atoms with Crippen LogP contribution in [0.1, 0.15) is 11.6 Å². The minimum Gasteiger partial charge on any atom is -0.497 e. The normalized spacial score (nSPS) is 11.5. The fourth-order valence-electron chi connectivity index (χ4n) is 1.77. The lowest BCUT2D eigenvalue weighted by Crippen LogP contribution is -2.09. The third-order valence-corrected chi connectivity index (χ3v) is 3.76. The number of benzene rings is 2. The first-order valence-corrected chi connectivity index (χ1v) is 7.06. The lowest BCUT2D eigenvalue weighted by atomic mass is 10.1. The molecule has 5 heteroatoms. The molecule has 0 radical (unpaired) electrons. The van der Waals surface area contributed by atoms with E-state index < -0.39 is 6.04 Å². The summed E-state index contributed by atoms with van der Waals surface area (Å²) < 4.78 is 5.94. The van der Waals surface area contributed by atoms with Crippen LogP contribution in [-0.4, -0.2) is 7.11 Å². The molecule has 0 aromatic heterocycles. The van der Waals surface area contributed by atoms with E-state index in [-0.39, 0.29) is 0 Å². The first-order chi connectivity index (χ1) is 9.63. The minimum atomic E-state index is -0.489. The molecule has 20 heavy (non-hydrogen) atoms. The van der Waals surface area contributed by atoms with Crippen molar-refractivity contribution in [2.24, 2.45) is 0 Å². The van der Waals surface area contributed by atoms with E-state index in [1.165, 1.54) is 0 Å². The summed E-state index contributed by atoms with van der Waals surface area (Å²) >= 11 is 9.42. The Balaban J connectivity index is 2.24. The molecule has 0 heterocycles. The van der Waals surface area contributed by atoms with Gasteiger partial charge in [0.25, 0.3) is 0 Å². The molecule has 2 rings (SSSR count). The summed E-state index contributed by atoms with van der Waals surface area (Å²) in [5.74, 6) is 0.771. The summed E-state index contributed by atoms with van der Waals surface area (Å²) in [5.41, 5.74) is 1.64. The van der Waals surface area contributed by atoms with E-state index in [0.717, 1.165) is 21.5 Å². The van der Waals surface area contributed by atoms with Gasteiger partial charge in [-0.15, -0.1) is 0 Å². The monoisotopic (exact) mass is 350 g/mol. The summed E-state index contributed by atoms with van der Waals surface area (Å²) in [4.78, 5) is 0. The van der Waals surface area contributed by atoms with Crippen molar-refractivity contribution in [3.05, 3.63) is 57.5 Å². The van der Waals surface area contributed by atoms with Gasteiger partial charge in [0.15, 0.2) is 0 Å². The molecule has 0 spiro atoms. The van der Waals surface area contributed by atoms with Gasteiger partial charge in [-0.3, -0.25) is 0 Å². The fourth-order valence-corrected chi connectivity index (χ4v) is 2.43. The van der Waals surface area contributed by atoms with Gasteiger partial charge in [0.1, 0.15) is 11.8 Å². The number of hydrogen-bond acceptors (Lipinski definition) is 3. The average molecular weight is 352 g/mol. The molecule has 0 saturated heterocycles. The summed E-state index contributed by atoms with van der Waals surface area (Å²) in [6.07, 6.45) is 0. The van der Waals surface area contributed by atoms with Crippen molar-refractivity contribution in [3.8, 4) is 11.8 Å². The number of nitrogens with one attached hydrogen (secondary N) is 1. The lowest BCUT2D eigenvalue weighted by molar-refractivity contribution is 0.415. The molecule has 0 fully saturated rings. The van der Waals surface area contributed by atoms with Gasteiger partial charge in [-0.2, -0.15) is 5.26 Å². The maximum Gasteiger partial charge on any atom is 0.141 e. The van der Waals surface area contributed by atoms with Gasteiger partial charge < -0.3 is 10.1 Å². The molecule has 0 aliphatic rings. The molecule has 0 bridgehead atoms. The number of nitrogens with zero attached hydrogens (tertiary/aromatic N) is 1. The zero-order chi connectivity index (χ0) is 14.5. The van der Waals surface area contributed by atoms with E-state index in [9.17, 15) is 5.26 Å². The lowest BCUT2D eigenvalue weighted by Gasteiger charge is -2.15. The quantitative estimate of drug-likeness (QED) is 0.861. The molecule has 102 valence electrons. The van der Waals surface area contributed by atoms with Crippen molar-refractivity contribution >= 4 is 33.2 Å². The Labute approximate surface area is 131 Å². The van der Waals surface area contributed by atoms with Crippen LogP contribution in [0.3, 0.4) is 0 Å². The van der Waals surface area contributed by atoms with Crippen molar-refractivity contribution in [2.75, 3.05) is 12.4 Å². The van der Waals surface area contributed by atoms with Gasteiger partial charge in [0.05, 0.1) is 13.2 Å². The Hall–Kier alpha value is -1.70. The molecule has 0 aliphatic carbocycles. The fraction of sp³-hybridized carbons (Fsp3) is 0.133.